The van der Waals surface area contributed by atoms with E-state index in [0.717, 1.165) is 5.56 Å². The first-order valence-corrected chi connectivity index (χ1v) is 10.4. The molecule has 8 nitrogen and oxygen atoms in total. The predicted molar refractivity (Wildman–Crippen MR) is 116 cm³/mol. The first-order chi connectivity index (χ1) is 15.3. The monoisotopic (exact) mass is 443 g/mol. The third-order valence-corrected chi connectivity index (χ3v) is 5.76. The summed E-state index contributed by atoms with van der Waals surface area (Å²) in [7, 11) is 3.39. The van der Waals surface area contributed by atoms with Gasteiger partial charge in [-0.1, -0.05) is 0 Å². The van der Waals surface area contributed by atoms with Crippen LogP contribution >= 0.6 is 0 Å². The van der Waals surface area contributed by atoms with Crippen LogP contribution in [0.2, 0.25) is 0 Å². The van der Waals surface area contributed by atoms with E-state index < -0.39 is 12.1 Å². The second-order valence-corrected chi connectivity index (χ2v) is 8.23. The molecule has 3 amide bonds. The van der Waals surface area contributed by atoms with Crippen molar-refractivity contribution in [1.82, 2.24) is 4.90 Å². The van der Waals surface area contributed by atoms with Gasteiger partial charge in [0.1, 0.15) is 23.8 Å². The zero-order valence-corrected chi connectivity index (χ0v) is 17.9. The molecule has 3 N–H and O–H groups in total. The largest absolute Gasteiger partial charge is 0.487 e. The topological polar surface area (TPSA) is 100 Å². The summed E-state index contributed by atoms with van der Waals surface area (Å²) in [5, 5.41) is 15.2. The van der Waals surface area contributed by atoms with Crippen molar-refractivity contribution < 1.29 is 28.6 Å². The highest BCUT2D eigenvalue weighted by Crippen LogP contribution is 2.47. The zero-order chi connectivity index (χ0) is 22.8. The minimum Gasteiger partial charge on any atom is -0.487 e. The fraction of sp³-hybridized carbons (Fsp3) is 0.391. The van der Waals surface area contributed by atoms with Crippen LogP contribution in [-0.4, -0.2) is 61.0 Å². The van der Waals surface area contributed by atoms with Crippen LogP contribution in [0.5, 0.6) is 5.75 Å². The van der Waals surface area contributed by atoms with Crippen LogP contribution in [0.4, 0.5) is 20.6 Å². The molecule has 2 aliphatic rings. The van der Waals surface area contributed by atoms with Gasteiger partial charge in [0.15, 0.2) is 0 Å². The molecule has 1 saturated heterocycles. The number of hydrogen-bond acceptors (Lipinski definition) is 5. The van der Waals surface area contributed by atoms with E-state index >= 15 is 0 Å². The van der Waals surface area contributed by atoms with Gasteiger partial charge in [0.05, 0.1) is 19.1 Å². The molecule has 9 heteroatoms. The molecule has 0 unspecified atom stereocenters. The van der Waals surface area contributed by atoms with Gasteiger partial charge >= 0.3 is 6.03 Å². The van der Waals surface area contributed by atoms with Crippen LogP contribution < -0.4 is 15.4 Å². The van der Waals surface area contributed by atoms with E-state index in [9.17, 15) is 19.1 Å². The number of aliphatic hydroxyl groups excluding tert-OH is 1. The van der Waals surface area contributed by atoms with Crippen molar-refractivity contribution >= 4 is 23.3 Å². The van der Waals surface area contributed by atoms with E-state index in [1.165, 1.54) is 29.2 Å². The summed E-state index contributed by atoms with van der Waals surface area (Å²) in [5.41, 5.74) is 1.94. The highest BCUT2D eigenvalue weighted by Gasteiger charge is 2.46. The molecule has 170 valence electrons. The Kier molecular flexibility index (Phi) is 6.29. The van der Waals surface area contributed by atoms with E-state index in [-0.39, 0.29) is 42.9 Å². The molecular formula is C23H26FN3O5. The molecule has 0 aromatic heterocycles. The summed E-state index contributed by atoms with van der Waals surface area (Å²) in [6.07, 6.45) is -0.446. The summed E-state index contributed by atoms with van der Waals surface area (Å²) in [6.45, 7) is -0.215. The Morgan fingerprint density at radius 2 is 1.81 bits per heavy atom. The first-order valence-electron chi connectivity index (χ1n) is 10.4. The molecule has 0 radical (unpaired) electrons. The lowest BCUT2D eigenvalue weighted by Gasteiger charge is -2.37. The quantitative estimate of drug-likeness (QED) is 0.660. The molecule has 2 aromatic rings. The lowest BCUT2D eigenvalue weighted by molar-refractivity contribution is -0.147. The standard InChI is InChI=1S/C23H26FN3O5/c1-27(2)21(29)11-16-10-18-17-9-15(7-8-19(17)32-22(18)20(12-28)31-16)26-23(30)25-14-5-3-13(24)4-6-14/h3-9,16,18,20,22,28H,10-12H2,1-2H3,(H2,25,26,30)/t16-,18+,20+,22-/m1/s1. The van der Waals surface area contributed by atoms with E-state index in [1.54, 1.807) is 26.2 Å². The Bertz CT molecular complexity index is 998. The van der Waals surface area contributed by atoms with Gasteiger partial charge in [-0.2, -0.15) is 0 Å². The maximum absolute atomic E-state index is 13.0. The van der Waals surface area contributed by atoms with Gasteiger partial charge in [-0.3, -0.25) is 4.79 Å². The zero-order valence-electron chi connectivity index (χ0n) is 17.9. The van der Waals surface area contributed by atoms with Crippen molar-refractivity contribution in [3.63, 3.8) is 0 Å². The van der Waals surface area contributed by atoms with Crippen LogP contribution in [-0.2, 0) is 9.53 Å². The van der Waals surface area contributed by atoms with Crippen LogP contribution in [0.25, 0.3) is 0 Å². The number of halogens is 1. The number of anilines is 2. The lowest BCUT2D eigenvalue weighted by atomic mass is 9.84. The predicted octanol–water partition coefficient (Wildman–Crippen LogP) is 2.94. The molecule has 2 heterocycles. The van der Waals surface area contributed by atoms with E-state index in [2.05, 4.69) is 10.6 Å². The number of ether oxygens (including phenoxy) is 2. The van der Waals surface area contributed by atoms with Gasteiger partial charge < -0.3 is 30.1 Å². The number of hydrogen-bond donors (Lipinski definition) is 3. The summed E-state index contributed by atoms with van der Waals surface area (Å²) >= 11 is 0. The fourth-order valence-electron chi connectivity index (χ4n) is 4.17. The number of carbonyl (C=O) groups excluding carboxylic acids is 2. The summed E-state index contributed by atoms with van der Waals surface area (Å²) < 4.78 is 25.0. The molecule has 4 rings (SSSR count). The summed E-state index contributed by atoms with van der Waals surface area (Å²) in [4.78, 5) is 26.0. The van der Waals surface area contributed by atoms with Crippen molar-refractivity contribution in [1.29, 1.82) is 0 Å². The van der Waals surface area contributed by atoms with Crippen molar-refractivity contribution in [2.45, 2.75) is 37.1 Å². The Balaban J connectivity index is 1.48. The van der Waals surface area contributed by atoms with E-state index in [4.69, 9.17) is 9.47 Å². The second kappa shape index (κ2) is 9.13. The van der Waals surface area contributed by atoms with E-state index in [1.807, 2.05) is 6.07 Å². The van der Waals surface area contributed by atoms with Crippen LogP contribution in [0.3, 0.4) is 0 Å². The van der Waals surface area contributed by atoms with Crippen LogP contribution in [0, 0.1) is 5.82 Å². The normalized spacial score (nSPS) is 23.5. The maximum atomic E-state index is 13.0. The number of nitrogens with one attached hydrogen (secondary N) is 2. The Morgan fingerprint density at radius 3 is 2.50 bits per heavy atom. The third kappa shape index (κ3) is 4.68. The Labute approximate surface area is 185 Å². The number of aliphatic hydroxyl groups is 1. The smallest absolute Gasteiger partial charge is 0.323 e. The van der Waals surface area contributed by atoms with Crippen molar-refractivity contribution in [3.05, 3.63) is 53.8 Å². The lowest BCUT2D eigenvalue weighted by Crippen LogP contribution is -2.47. The second-order valence-electron chi connectivity index (χ2n) is 8.23. The molecule has 32 heavy (non-hydrogen) atoms. The number of nitrogens with zero attached hydrogens (tertiary/aromatic N) is 1. The number of amides is 3. The highest BCUT2D eigenvalue weighted by atomic mass is 19.1. The average Bonchev–Trinajstić information content (AvgIpc) is 3.12. The molecule has 2 aromatic carbocycles. The van der Waals surface area contributed by atoms with Gasteiger partial charge in [0.25, 0.3) is 0 Å². The Morgan fingerprint density at radius 1 is 1.12 bits per heavy atom. The van der Waals surface area contributed by atoms with Crippen molar-refractivity contribution in [2.24, 2.45) is 0 Å². The molecule has 0 aliphatic carbocycles. The summed E-state index contributed by atoms with van der Waals surface area (Å²) in [5.74, 6) is 0.174. The van der Waals surface area contributed by atoms with Crippen LogP contribution in [0.15, 0.2) is 42.5 Å². The SMILES string of the molecule is CN(C)C(=O)C[C@H]1C[C@H]2c3cc(NC(=O)Nc4ccc(F)cc4)ccc3O[C@H]2[C@H](CO)O1. The molecule has 0 saturated carbocycles. The van der Waals surface area contributed by atoms with Crippen molar-refractivity contribution in [3.8, 4) is 5.75 Å². The molecular weight excluding hydrogens is 417 g/mol. The molecule has 4 atom stereocenters. The molecule has 2 aliphatic heterocycles. The molecule has 1 fully saturated rings. The first kappa shape index (κ1) is 22.0. The molecule has 0 spiro atoms. The van der Waals surface area contributed by atoms with Gasteiger partial charge in [-0.15, -0.1) is 0 Å². The number of rotatable bonds is 5. The van der Waals surface area contributed by atoms with Gasteiger partial charge in [0, 0.05) is 37.0 Å². The van der Waals surface area contributed by atoms with Gasteiger partial charge in [0.2, 0.25) is 5.91 Å². The molecule has 0 bridgehead atoms. The minimum absolute atomic E-state index is 0.0443. The van der Waals surface area contributed by atoms with Crippen LogP contribution in [0.1, 0.15) is 24.3 Å². The van der Waals surface area contributed by atoms with Gasteiger partial charge in [-0.05, 0) is 48.9 Å². The third-order valence-electron chi connectivity index (χ3n) is 5.76. The number of fused-ring (bicyclic) bond motifs is 3. The number of carbonyl (C=O) groups is 2. The summed E-state index contributed by atoms with van der Waals surface area (Å²) in [6, 6.07) is 10.4. The minimum atomic E-state index is -0.542. The number of urea groups is 1. The number of benzene rings is 2. The highest BCUT2D eigenvalue weighted by molar-refractivity contribution is 5.99. The van der Waals surface area contributed by atoms with E-state index in [0.29, 0.717) is 23.5 Å². The Hall–Kier alpha value is -3.17. The fourth-order valence-corrected chi connectivity index (χ4v) is 4.17. The van der Waals surface area contributed by atoms with Gasteiger partial charge in [-0.25, -0.2) is 9.18 Å². The van der Waals surface area contributed by atoms with Crippen molar-refractivity contribution in [2.75, 3.05) is 31.3 Å². The average molecular weight is 443 g/mol. The maximum Gasteiger partial charge on any atom is 0.323 e.